The number of aryl methyl sites for hydroxylation is 1. The van der Waals surface area contributed by atoms with E-state index in [9.17, 15) is 35.9 Å². The third kappa shape index (κ3) is 6.01. The summed E-state index contributed by atoms with van der Waals surface area (Å²) in [7, 11) is 0. The summed E-state index contributed by atoms with van der Waals surface area (Å²) < 4.78 is 126. The summed E-state index contributed by atoms with van der Waals surface area (Å²) in [4.78, 5) is 33.4. The molecule has 0 spiro atoms. The number of nitrogens with zero attached hydrogens (tertiary/aromatic N) is 4. The van der Waals surface area contributed by atoms with Crippen molar-refractivity contribution in [1.82, 2.24) is 30.0 Å². The molecule has 2 fully saturated rings. The summed E-state index contributed by atoms with van der Waals surface area (Å²) in [6.45, 7) is -6.46. The average molecular weight is 621 g/mol. The van der Waals surface area contributed by atoms with Crippen LogP contribution in [-0.4, -0.2) is 73.7 Å². The zero-order valence-corrected chi connectivity index (χ0v) is 22.8. The Hall–Kier alpha value is -3.82. The number of fused-ring (bicyclic) bond motifs is 1. The van der Waals surface area contributed by atoms with Gasteiger partial charge in [-0.15, -0.1) is 0 Å². The molecular formula is C27H31F6N7O3. The van der Waals surface area contributed by atoms with Gasteiger partial charge in [0.15, 0.2) is 5.60 Å². The highest BCUT2D eigenvalue weighted by Gasteiger charge is 2.51. The van der Waals surface area contributed by atoms with Crippen molar-refractivity contribution in [2.24, 2.45) is 11.7 Å². The number of H-pyrrole nitrogens is 1. The fraction of sp³-hybridized carbons (Fsp3) is 0.556. The van der Waals surface area contributed by atoms with Crippen molar-refractivity contribution in [2.45, 2.75) is 76.0 Å². The van der Waals surface area contributed by atoms with E-state index in [-0.39, 0.29) is 33.2 Å². The van der Waals surface area contributed by atoms with Gasteiger partial charge in [-0.1, -0.05) is 6.07 Å². The Morgan fingerprint density at radius 2 is 1.95 bits per heavy atom. The van der Waals surface area contributed by atoms with Crippen LogP contribution in [0.5, 0.6) is 0 Å². The van der Waals surface area contributed by atoms with Gasteiger partial charge in [-0.05, 0) is 63.2 Å². The molecule has 5 rings (SSSR count). The first kappa shape index (κ1) is 24.6. The molecule has 3 amide bonds. The van der Waals surface area contributed by atoms with Crippen molar-refractivity contribution < 1.29 is 47.5 Å². The number of primary amides is 1. The van der Waals surface area contributed by atoms with Gasteiger partial charge in [0, 0.05) is 10.6 Å². The number of alkyl halides is 6. The van der Waals surface area contributed by atoms with E-state index in [0.717, 1.165) is 24.8 Å². The standard InChI is InChI=1S/C27H31F6N7O3/c1-4-40-19(22(34)41)10-17(38-40)15(12-43-25(2,3)27(31,32)33)23-35-16-8-7-14(9-18(16)36-23)21(13-5-6-13)39-11-20(26(28,29)30)37-24(39)42/h7-10,13,15,20-21H,4-6,11-12H2,1-3H3,(H2,34,41)(H,35,36)(H,37,42)/t15-,20+,21-/m1/s1/i1D3,4D2. The Bertz CT molecular complexity index is 1720. The quantitative estimate of drug-likeness (QED) is 0.281. The molecule has 16 heteroatoms. The monoisotopic (exact) mass is 620 g/mol. The van der Waals surface area contributed by atoms with Crippen LogP contribution in [0.3, 0.4) is 0 Å². The van der Waals surface area contributed by atoms with Crippen molar-refractivity contribution >= 4 is 23.0 Å². The van der Waals surface area contributed by atoms with Crippen LogP contribution in [0.4, 0.5) is 31.1 Å². The van der Waals surface area contributed by atoms with Crippen molar-refractivity contribution in [1.29, 1.82) is 0 Å². The number of imidazole rings is 1. The molecule has 10 nitrogen and oxygen atoms in total. The largest absolute Gasteiger partial charge is 0.416 e. The lowest BCUT2D eigenvalue weighted by Gasteiger charge is -2.29. The van der Waals surface area contributed by atoms with Gasteiger partial charge in [0.25, 0.3) is 5.91 Å². The van der Waals surface area contributed by atoms with Crippen LogP contribution in [0.1, 0.15) is 79.9 Å². The molecule has 234 valence electrons. The number of benzene rings is 1. The minimum Gasteiger partial charge on any atom is -0.365 e. The van der Waals surface area contributed by atoms with E-state index in [2.05, 4.69) is 15.1 Å². The first-order valence-electron chi connectivity index (χ1n) is 15.7. The highest BCUT2D eigenvalue weighted by atomic mass is 19.4. The van der Waals surface area contributed by atoms with E-state index in [0.29, 0.717) is 18.4 Å². The number of carbonyl (C=O) groups excluding carboxylic acids is 2. The van der Waals surface area contributed by atoms with E-state index >= 15 is 0 Å². The maximum absolute atomic E-state index is 13.7. The molecule has 0 unspecified atom stereocenters. The van der Waals surface area contributed by atoms with Crippen LogP contribution in [0, 0.1) is 5.92 Å². The molecule has 1 aliphatic heterocycles. The summed E-state index contributed by atoms with van der Waals surface area (Å²) in [6, 6.07) is 1.95. The van der Waals surface area contributed by atoms with Crippen molar-refractivity contribution in [3.05, 3.63) is 47.0 Å². The summed E-state index contributed by atoms with van der Waals surface area (Å²) in [5.74, 6) is -2.83. The van der Waals surface area contributed by atoms with Gasteiger partial charge in [-0.2, -0.15) is 31.4 Å². The number of halogens is 6. The predicted octanol–water partition coefficient (Wildman–Crippen LogP) is 4.77. The molecule has 2 aromatic heterocycles. The average Bonchev–Trinajstić information content (AvgIpc) is 3.33. The Morgan fingerprint density at radius 1 is 1.23 bits per heavy atom. The summed E-state index contributed by atoms with van der Waals surface area (Å²) in [5, 5.41) is 5.93. The number of nitrogens with two attached hydrogens (primary N) is 1. The summed E-state index contributed by atoms with van der Waals surface area (Å²) in [5.41, 5.74) is 2.74. The number of amides is 3. The Balaban J connectivity index is 1.57. The second-order valence-electron chi connectivity index (χ2n) is 11.1. The fourth-order valence-corrected chi connectivity index (χ4v) is 5.01. The number of aromatic amines is 1. The smallest absolute Gasteiger partial charge is 0.365 e. The van der Waals surface area contributed by atoms with Gasteiger partial charge in [0.1, 0.15) is 17.6 Å². The zero-order chi connectivity index (χ0) is 35.8. The first-order chi connectivity index (χ1) is 21.9. The Morgan fingerprint density at radius 3 is 2.53 bits per heavy atom. The van der Waals surface area contributed by atoms with E-state index in [1.165, 1.54) is 6.07 Å². The van der Waals surface area contributed by atoms with E-state index < -0.39 is 80.1 Å². The lowest BCUT2D eigenvalue weighted by Crippen LogP contribution is -2.42. The zero-order valence-electron chi connectivity index (χ0n) is 27.8. The van der Waals surface area contributed by atoms with Crippen LogP contribution in [0.2, 0.25) is 0 Å². The first-order valence-corrected chi connectivity index (χ1v) is 13.2. The number of carbonyl (C=O) groups is 2. The maximum atomic E-state index is 13.7. The van der Waals surface area contributed by atoms with Gasteiger partial charge in [0.2, 0.25) is 0 Å². The molecule has 1 saturated heterocycles. The van der Waals surface area contributed by atoms with Gasteiger partial charge in [0.05, 0.1) is 44.6 Å². The third-order valence-electron chi connectivity index (χ3n) is 7.67. The number of ether oxygens (including phenoxy) is 1. The Labute approximate surface area is 249 Å². The molecule has 3 aromatic rings. The van der Waals surface area contributed by atoms with Crippen LogP contribution in [0.25, 0.3) is 11.0 Å². The van der Waals surface area contributed by atoms with Crippen molar-refractivity contribution in [2.75, 3.05) is 13.2 Å². The fourth-order valence-electron chi connectivity index (χ4n) is 5.01. The van der Waals surface area contributed by atoms with E-state index in [1.807, 2.05) is 5.32 Å². The van der Waals surface area contributed by atoms with E-state index in [1.54, 1.807) is 12.1 Å². The lowest BCUT2D eigenvalue weighted by atomic mass is 10.00. The summed E-state index contributed by atoms with van der Waals surface area (Å²) in [6.07, 6.45) is -8.15. The minimum atomic E-state index is -4.83. The van der Waals surface area contributed by atoms with Crippen molar-refractivity contribution in [3.63, 3.8) is 0 Å². The molecule has 0 bridgehead atoms. The molecule has 3 heterocycles. The number of hydrogen-bond donors (Lipinski definition) is 3. The minimum absolute atomic E-state index is 0.0748. The molecule has 1 aromatic carbocycles. The summed E-state index contributed by atoms with van der Waals surface area (Å²) >= 11 is 0. The molecule has 4 N–H and O–H groups in total. The van der Waals surface area contributed by atoms with Gasteiger partial charge in [-0.25, -0.2) is 9.78 Å². The number of rotatable bonds is 10. The molecule has 0 radical (unpaired) electrons. The maximum Gasteiger partial charge on any atom is 0.416 e. The third-order valence-corrected chi connectivity index (χ3v) is 7.67. The second kappa shape index (κ2) is 10.7. The topological polar surface area (TPSA) is 131 Å². The van der Waals surface area contributed by atoms with Gasteiger partial charge < -0.3 is 25.7 Å². The van der Waals surface area contributed by atoms with Crippen LogP contribution in [-0.2, 0) is 11.2 Å². The number of aromatic nitrogens is 4. The molecular weight excluding hydrogens is 584 g/mol. The number of hydrogen-bond acceptors (Lipinski definition) is 5. The SMILES string of the molecule is [2H]C([2H])([2H])C([2H])([2H])n1nc([C@@H](COC(C)(C)C(F)(F)F)c2nc3ccc([C@@H](C4CC4)N4C[C@@H](C(F)(F)F)NC4=O)cc3[nH]2)cc1C(N)=O. The van der Waals surface area contributed by atoms with Crippen LogP contribution in [0.15, 0.2) is 24.3 Å². The second-order valence-corrected chi connectivity index (χ2v) is 11.1. The molecule has 1 aliphatic carbocycles. The highest BCUT2D eigenvalue weighted by Crippen LogP contribution is 2.46. The molecule has 1 saturated carbocycles. The van der Waals surface area contributed by atoms with Crippen molar-refractivity contribution in [3.8, 4) is 0 Å². The normalized spacial score (nSPS) is 22.0. The number of urea groups is 1. The highest BCUT2D eigenvalue weighted by molar-refractivity contribution is 5.91. The molecule has 3 atom stereocenters. The lowest BCUT2D eigenvalue weighted by molar-refractivity contribution is -0.264. The van der Waals surface area contributed by atoms with Gasteiger partial charge >= 0.3 is 18.4 Å². The van der Waals surface area contributed by atoms with Gasteiger partial charge in [-0.3, -0.25) is 9.48 Å². The van der Waals surface area contributed by atoms with Crippen LogP contribution < -0.4 is 11.1 Å². The molecule has 2 aliphatic rings. The Kier molecular flexibility index (Phi) is 6.13. The van der Waals surface area contributed by atoms with E-state index in [4.69, 9.17) is 17.3 Å². The molecule has 43 heavy (non-hydrogen) atoms. The predicted molar refractivity (Wildman–Crippen MR) is 141 cm³/mol. The number of nitrogens with one attached hydrogen (secondary N) is 2. The van der Waals surface area contributed by atoms with Crippen LogP contribution >= 0.6 is 0 Å².